The first-order valence-electron chi connectivity index (χ1n) is 10.6. The van der Waals surface area contributed by atoms with Gasteiger partial charge in [-0.25, -0.2) is 22.7 Å². The van der Waals surface area contributed by atoms with Crippen molar-refractivity contribution in [3.8, 4) is 11.5 Å². The van der Waals surface area contributed by atoms with E-state index >= 15 is 0 Å². The fraction of sp³-hybridized carbons (Fsp3) is 0.409. The number of hydrogen-bond acceptors (Lipinski definition) is 6. The number of halogens is 3. The van der Waals surface area contributed by atoms with Gasteiger partial charge in [0.15, 0.2) is 17.2 Å². The molecule has 5 heterocycles. The zero-order chi connectivity index (χ0) is 22.9. The minimum Gasteiger partial charge on any atom is -0.490 e. The van der Waals surface area contributed by atoms with Gasteiger partial charge in [-0.15, -0.1) is 0 Å². The van der Waals surface area contributed by atoms with Gasteiger partial charge < -0.3 is 19.7 Å². The summed E-state index contributed by atoms with van der Waals surface area (Å²) in [5.74, 6) is -0.0501. The maximum atomic E-state index is 14.2. The molecular formula is C22H20F3N5O3. The molecule has 1 amide bonds. The van der Waals surface area contributed by atoms with Gasteiger partial charge in [0.2, 0.25) is 0 Å². The van der Waals surface area contributed by atoms with E-state index in [9.17, 15) is 18.0 Å². The standard InChI is InChI=1S/C22H20F3N5O3/c1-22-5-13(6-22)33-16-3-2-12(23)4-11(16)8-29-15(18(24)25)10-32-17-9-30-19(27-20(17)29)14(7-26-30)21(31)28-22/h2-4,7,9,13,15,18H,5-6,8,10H2,1H3,(H,28,31)/t13?,15-,22?/m0/s1. The van der Waals surface area contributed by atoms with E-state index in [1.807, 2.05) is 6.92 Å². The van der Waals surface area contributed by atoms with Crippen molar-refractivity contribution in [3.63, 3.8) is 0 Å². The van der Waals surface area contributed by atoms with Crippen molar-refractivity contribution in [1.29, 1.82) is 0 Å². The molecule has 172 valence electrons. The molecule has 0 spiro atoms. The molecule has 1 aliphatic carbocycles. The van der Waals surface area contributed by atoms with Crippen molar-refractivity contribution < 1.29 is 27.4 Å². The van der Waals surface area contributed by atoms with Gasteiger partial charge >= 0.3 is 0 Å². The second kappa shape index (κ2) is 7.00. The summed E-state index contributed by atoms with van der Waals surface area (Å²) in [5, 5.41) is 7.20. The number of nitrogens with one attached hydrogen (secondary N) is 1. The molecule has 1 atom stereocenters. The number of carbonyl (C=O) groups excluding carboxylic acids is 1. The summed E-state index contributed by atoms with van der Waals surface area (Å²) >= 11 is 0. The van der Waals surface area contributed by atoms with Gasteiger partial charge in [0.25, 0.3) is 12.3 Å². The second-order valence-corrected chi connectivity index (χ2v) is 9.01. The van der Waals surface area contributed by atoms with Crippen molar-refractivity contribution in [3.05, 3.63) is 47.5 Å². The van der Waals surface area contributed by atoms with E-state index in [0.29, 0.717) is 24.2 Å². The summed E-state index contributed by atoms with van der Waals surface area (Å²) in [6, 6.07) is 2.76. The summed E-state index contributed by atoms with van der Waals surface area (Å²) in [7, 11) is 0. The highest BCUT2D eigenvalue weighted by atomic mass is 19.3. The Labute approximate surface area is 186 Å². The molecule has 1 aromatic carbocycles. The third-order valence-corrected chi connectivity index (χ3v) is 6.49. The average molecular weight is 459 g/mol. The Morgan fingerprint density at radius 1 is 1.27 bits per heavy atom. The molecule has 7 rings (SSSR count). The van der Waals surface area contributed by atoms with E-state index in [1.165, 1.54) is 40.0 Å². The molecule has 3 aromatic rings. The average Bonchev–Trinajstić information content (AvgIpc) is 3.15. The Morgan fingerprint density at radius 2 is 2.09 bits per heavy atom. The molecule has 1 saturated carbocycles. The lowest BCUT2D eigenvalue weighted by atomic mass is 9.75. The lowest BCUT2D eigenvalue weighted by Gasteiger charge is -2.45. The van der Waals surface area contributed by atoms with Crippen molar-refractivity contribution in [2.24, 2.45) is 0 Å². The highest BCUT2D eigenvalue weighted by molar-refractivity contribution is 6.00. The molecular weight excluding hydrogens is 439 g/mol. The van der Waals surface area contributed by atoms with Crippen LogP contribution in [0.25, 0.3) is 5.65 Å². The largest absolute Gasteiger partial charge is 0.490 e. The predicted octanol–water partition coefficient (Wildman–Crippen LogP) is 2.94. The number of benzene rings is 1. The Hall–Kier alpha value is -3.50. The number of alkyl halides is 2. The minimum absolute atomic E-state index is 0.0682. The van der Waals surface area contributed by atoms with Gasteiger partial charge in [0.1, 0.15) is 35.9 Å². The summed E-state index contributed by atoms with van der Waals surface area (Å²) in [6.07, 6.45) is 1.07. The van der Waals surface area contributed by atoms with Crippen LogP contribution in [0, 0.1) is 5.82 Å². The zero-order valence-electron chi connectivity index (χ0n) is 17.6. The summed E-state index contributed by atoms with van der Waals surface area (Å²) in [6.45, 7) is 1.58. The van der Waals surface area contributed by atoms with Gasteiger partial charge in [-0.05, 0) is 25.1 Å². The molecule has 4 aliphatic rings. The highest BCUT2D eigenvalue weighted by Gasteiger charge is 2.44. The minimum atomic E-state index is -2.74. The van der Waals surface area contributed by atoms with Crippen LogP contribution in [0.3, 0.4) is 0 Å². The van der Waals surface area contributed by atoms with Crippen molar-refractivity contribution in [2.75, 3.05) is 11.5 Å². The fourth-order valence-electron chi connectivity index (χ4n) is 4.80. The topological polar surface area (TPSA) is 81.0 Å². The molecule has 0 saturated heterocycles. The van der Waals surface area contributed by atoms with E-state index in [4.69, 9.17) is 9.47 Å². The van der Waals surface area contributed by atoms with E-state index in [-0.39, 0.29) is 47.9 Å². The highest BCUT2D eigenvalue weighted by Crippen LogP contribution is 2.40. The summed E-state index contributed by atoms with van der Waals surface area (Å²) in [4.78, 5) is 18.9. The third kappa shape index (κ3) is 3.25. The van der Waals surface area contributed by atoms with Gasteiger partial charge in [-0.3, -0.25) is 4.79 Å². The molecule has 8 nitrogen and oxygen atoms in total. The van der Waals surface area contributed by atoms with E-state index in [2.05, 4.69) is 15.4 Å². The van der Waals surface area contributed by atoms with Gasteiger partial charge in [-0.2, -0.15) is 5.10 Å². The van der Waals surface area contributed by atoms with Crippen LogP contribution in [-0.4, -0.2) is 51.2 Å². The number of fused-ring (bicyclic) bond motifs is 1. The number of nitrogens with zero attached hydrogens (tertiary/aromatic N) is 4. The molecule has 4 bridgehead atoms. The Morgan fingerprint density at radius 3 is 2.88 bits per heavy atom. The van der Waals surface area contributed by atoms with Crippen LogP contribution in [0.4, 0.5) is 19.0 Å². The first-order valence-corrected chi connectivity index (χ1v) is 10.6. The maximum absolute atomic E-state index is 14.2. The van der Waals surface area contributed by atoms with Crippen molar-refractivity contribution in [1.82, 2.24) is 19.9 Å². The number of anilines is 1. The summed E-state index contributed by atoms with van der Waals surface area (Å²) < 4.78 is 55.2. The quantitative estimate of drug-likeness (QED) is 0.603. The predicted molar refractivity (Wildman–Crippen MR) is 110 cm³/mol. The molecule has 1 fully saturated rings. The van der Waals surface area contributed by atoms with E-state index in [0.717, 1.165) is 0 Å². The van der Waals surface area contributed by atoms with E-state index in [1.54, 1.807) is 0 Å². The van der Waals surface area contributed by atoms with Gasteiger partial charge in [-0.1, -0.05) is 0 Å². The summed E-state index contributed by atoms with van der Waals surface area (Å²) in [5.41, 5.74) is 0.399. The number of rotatable bonds is 1. The van der Waals surface area contributed by atoms with E-state index < -0.39 is 23.8 Å². The lowest BCUT2D eigenvalue weighted by Crippen LogP contribution is -2.58. The lowest BCUT2D eigenvalue weighted by molar-refractivity contribution is 0.0284. The molecule has 0 unspecified atom stereocenters. The number of hydrogen-bond donors (Lipinski definition) is 1. The molecule has 1 N–H and O–H groups in total. The zero-order valence-corrected chi connectivity index (χ0v) is 17.6. The fourth-order valence-corrected chi connectivity index (χ4v) is 4.80. The van der Waals surface area contributed by atoms with Crippen LogP contribution in [0.5, 0.6) is 11.5 Å². The third-order valence-electron chi connectivity index (χ3n) is 6.49. The first-order chi connectivity index (χ1) is 15.8. The van der Waals surface area contributed by atoms with Crippen LogP contribution in [0.15, 0.2) is 30.6 Å². The van der Waals surface area contributed by atoms with Crippen LogP contribution in [0.1, 0.15) is 35.7 Å². The Kier molecular flexibility index (Phi) is 4.27. The monoisotopic (exact) mass is 459 g/mol. The number of carbonyl (C=O) groups is 1. The van der Waals surface area contributed by atoms with Crippen LogP contribution in [0.2, 0.25) is 0 Å². The molecule has 3 aliphatic heterocycles. The van der Waals surface area contributed by atoms with Crippen LogP contribution in [-0.2, 0) is 6.54 Å². The SMILES string of the molecule is CC12CC(C1)Oc1ccc(F)cc1CN1c3nc4c(cnn4cc3OC[C@H]1C(F)F)C(=O)N2. The molecule has 33 heavy (non-hydrogen) atoms. The smallest absolute Gasteiger partial charge is 0.261 e. The van der Waals surface area contributed by atoms with Crippen molar-refractivity contribution in [2.45, 2.75) is 50.4 Å². The van der Waals surface area contributed by atoms with Crippen LogP contribution >= 0.6 is 0 Å². The number of amides is 1. The van der Waals surface area contributed by atoms with Crippen LogP contribution < -0.4 is 19.7 Å². The molecule has 0 radical (unpaired) electrons. The first kappa shape index (κ1) is 20.1. The normalized spacial score (nSPS) is 26.2. The van der Waals surface area contributed by atoms with Gasteiger partial charge in [0.05, 0.1) is 12.4 Å². The Bertz CT molecular complexity index is 1270. The molecule has 11 heteroatoms. The maximum Gasteiger partial charge on any atom is 0.261 e. The number of aromatic nitrogens is 3. The van der Waals surface area contributed by atoms with Gasteiger partial charge in [0, 0.05) is 30.5 Å². The number of ether oxygens (including phenoxy) is 2. The second-order valence-electron chi connectivity index (χ2n) is 9.01. The Balaban J connectivity index is 1.55. The van der Waals surface area contributed by atoms with Crippen molar-refractivity contribution >= 4 is 17.4 Å². The molecule has 2 aromatic heterocycles.